The zero-order chi connectivity index (χ0) is 17.9. The summed E-state index contributed by atoms with van der Waals surface area (Å²) < 4.78 is 13.3. The third kappa shape index (κ3) is 4.44. The fraction of sp³-hybridized carbons (Fsp3) is 0.667. The van der Waals surface area contributed by atoms with E-state index in [1.165, 1.54) is 37.8 Å². The molecule has 1 aromatic rings. The van der Waals surface area contributed by atoms with Gasteiger partial charge in [0.2, 0.25) is 5.91 Å². The average molecular weight is 359 g/mol. The molecule has 1 aromatic carbocycles. The highest BCUT2D eigenvalue weighted by Gasteiger charge is 2.32. The van der Waals surface area contributed by atoms with E-state index in [9.17, 15) is 9.18 Å². The van der Waals surface area contributed by atoms with Crippen LogP contribution in [0.15, 0.2) is 24.3 Å². The first-order valence-electron chi connectivity index (χ1n) is 10.2. The monoisotopic (exact) mass is 359 g/mol. The van der Waals surface area contributed by atoms with Gasteiger partial charge >= 0.3 is 0 Å². The summed E-state index contributed by atoms with van der Waals surface area (Å²) in [6, 6.07) is 7.48. The third-order valence-electron chi connectivity index (χ3n) is 6.25. The molecule has 0 bridgehead atoms. The van der Waals surface area contributed by atoms with E-state index in [2.05, 4.69) is 15.1 Å². The zero-order valence-electron chi connectivity index (χ0n) is 15.5. The third-order valence-corrected chi connectivity index (χ3v) is 6.25. The molecule has 0 spiro atoms. The van der Waals surface area contributed by atoms with Crippen LogP contribution >= 0.6 is 0 Å². The maximum absolute atomic E-state index is 13.3. The first kappa shape index (κ1) is 17.9. The summed E-state index contributed by atoms with van der Waals surface area (Å²) in [5.74, 6) is 0.348. The number of rotatable bonds is 6. The molecule has 5 heteroatoms. The lowest BCUT2D eigenvalue weighted by Gasteiger charge is -2.35. The summed E-state index contributed by atoms with van der Waals surface area (Å²) in [5.41, 5.74) is 1.03. The number of piperazine rings is 1. The average Bonchev–Trinajstić information content (AvgIpc) is 3.36. The number of carbonyl (C=O) groups is 1. The van der Waals surface area contributed by atoms with Crippen molar-refractivity contribution < 1.29 is 9.18 Å². The van der Waals surface area contributed by atoms with Crippen molar-refractivity contribution in [2.75, 3.05) is 32.7 Å². The Bertz CT molecular complexity index is 602. The van der Waals surface area contributed by atoms with Crippen LogP contribution in [-0.4, -0.2) is 54.5 Å². The van der Waals surface area contributed by atoms with Gasteiger partial charge in [-0.2, -0.15) is 0 Å². The number of carbonyl (C=O) groups excluding carboxylic acids is 1. The van der Waals surface area contributed by atoms with Gasteiger partial charge < -0.3 is 5.32 Å². The molecule has 1 unspecified atom stereocenters. The van der Waals surface area contributed by atoms with Crippen LogP contribution in [0.25, 0.3) is 0 Å². The van der Waals surface area contributed by atoms with Gasteiger partial charge in [-0.1, -0.05) is 25.0 Å². The number of benzene rings is 1. The molecule has 1 amide bonds. The molecule has 4 rings (SSSR count). The molecular weight excluding hydrogens is 329 g/mol. The first-order chi connectivity index (χ1) is 12.7. The molecule has 2 saturated carbocycles. The quantitative estimate of drug-likeness (QED) is 0.848. The summed E-state index contributed by atoms with van der Waals surface area (Å²) in [5, 5.41) is 3.27. The Morgan fingerprint density at radius 1 is 1.04 bits per heavy atom. The number of nitrogens with zero attached hydrogens (tertiary/aromatic N) is 2. The molecule has 3 aliphatic rings. The molecule has 1 atom stereocenters. The van der Waals surface area contributed by atoms with Crippen molar-refractivity contribution in [1.82, 2.24) is 15.1 Å². The normalized spacial score (nSPS) is 23.9. The van der Waals surface area contributed by atoms with E-state index >= 15 is 0 Å². The largest absolute Gasteiger partial charge is 0.348 e. The first-order valence-corrected chi connectivity index (χ1v) is 10.2. The molecule has 3 fully saturated rings. The predicted octanol–water partition coefficient (Wildman–Crippen LogP) is 2.95. The number of halogens is 1. The van der Waals surface area contributed by atoms with Crippen molar-refractivity contribution in [2.45, 2.75) is 50.6 Å². The number of hydrogen-bond acceptors (Lipinski definition) is 3. The maximum atomic E-state index is 13.3. The summed E-state index contributed by atoms with van der Waals surface area (Å²) in [6.07, 6.45) is 7.43. The van der Waals surface area contributed by atoms with Gasteiger partial charge in [-0.25, -0.2) is 4.39 Å². The summed E-state index contributed by atoms with van der Waals surface area (Å²) >= 11 is 0. The number of amides is 1. The van der Waals surface area contributed by atoms with Crippen LogP contribution in [0.5, 0.6) is 0 Å². The summed E-state index contributed by atoms with van der Waals surface area (Å²) in [6.45, 7) is 4.61. The van der Waals surface area contributed by atoms with Crippen LogP contribution in [0.4, 0.5) is 4.39 Å². The van der Waals surface area contributed by atoms with Crippen molar-refractivity contribution >= 4 is 5.91 Å². The van der Waals surface area contributed by atoms with Gasteiger partial charge in [-0.15, -0.1) is 0 Å². The van der Waals surface area contributed by atoms with Crippen molar-refractivity contribution in [3.63, 3.8) is 0 Å². The molecular formula is C21H30FN3O. The minimum absolute atomic E-state index is 0.0124. The lowest BCUT2D eigenvalue weighted by Crippen LogP contribution is -2.50. The Balaban J connectivity index is 1.34. The number of hydrogen-bond donors (Lipinski definition) is 1. The molecule has 142 valence electrons. The Morgan fingerprint density at radius 2 is 1.69 bits per heavy atom. The standard InChI is InChI=1S/C21H30FN3O/c22-18-7-5-17(6-8-18)21(16-3-1-2-4-16)23-20(26)15-24-11-13-25(14-12-24)19-9-10-19/h5-8,16,19,21H,1-4,9-15H2,(H,23,26). The van der Waals surface area contributed by atoms with Gasteiger partial charge in [0.15, 0.2) is 0 Å². The van der Waals surface area contributed by atoms with Crippen molar-refractivity contribution in [3.8, 4) is 0 Å². The van der Waals surface area contributed by atoms with E-state index in [-0.39, 0.29) is 17.8 Å². The predicted molar refractivity (Wildman–Crippen MR) is 100 cm³/mol. The Labute approximate surface area is 155 Å². The molecule has 26 heavy (non-hydrogen) atoms. The smallest absolute Gasteiger partial charge is 0.234 e. The highest BCUT2D eigenvalue weighted by Crippen LogP contribution is 2.35. The Kier molecular flexibility index (Phi) is 5.55. The van der Waals surface area contributed by atoms with E-state index in [1.807, 2.05) is 12.1 Å². The molecule has 0 aromatic heterocycles. The van der Waals surface area contributed by atoms with Gasteiger partial charge in [0.25, 0.3) is 0 Å². The molecule has 1 heterocycles. The maximum Gasteiger partial charge on any atom is 0.234 e. The van der Waals surface area contributed by atoms with Crippen LogP contribution in [-0.2, 0) is 4.79 Å². The Hall–Kier alpha value is -1.46. The van der Waals surface area contributed by atoms with Gasteiger partial charge in [0, 0.05) is 32.2 Å². The second-order valence-electron chi connectivity index (χ2n) is 8.18. The highest BCUT2D eigenvalue weighted by molar-refractivity contribution is 5.78. The second-order valence-corrected chi connectivity index (χ2v) is 8.18. The van der Waals surface area contributed by atoms with Gasteiger partial charge in [-0.05, 0) is 49.3 Å². The van der Waals surface area contributed by atoms with Gasteiger partial charge in [-0.3, -0.25) is 14.6 Å². The van der Waals surface area contributed by atoms with Crippen molar-refractivity contribution in [1.29, 1.82) is 0 Å². The second kappa shape index (κ2) is 8.05. The molecule has 0 radical (unpaired) electrons. The lowest BCUT2D eigenvalue weighted by molar-refractivity contribution is -0.123. The number of nitrogens with one attached hydrogen (secondary N) is 1. The van der Waals surface area contributed by atoms with Crippen molar-refractivity contribution in [3.05, 3.63) is 35.6 Å². The molecule has 1 N–H and O–H groups in total. The zero-order valence-corrected chi connectivity index (χ0v) is 15.5. The van der Waals surface area contributed by atoms with E-state index in [4.69, 9.17) is 0 Å². The lowest BCUT2D eigenvalue weighted by atomic mass is 9.91. The van der Waals surface area contributed by atoms with Crippen molar-refractivity contribution in [2.24, 2.45) is 5.92 Å². The SMILES string of the molecule is O=C(CN1CCN(C2CC2)CC1)NC(c1ccc(F)cc1)C1CCCC1. The van der Waals surface area contributed by atoms with E-state index in [0.717, 1.165) is 50.6 Å². The van der Waals surface area contributed by atoms with Crippen LogP contribution in [0.3, 0.4) is 0 Å². The molecule has 2 aliphatic carbocycles. The fourth-order valence-electron chi connectivity index (χ4n) is 4.58. The van der Waals surface area contributed by atoms with Gasteiger partial charge in [0.05, 0.1) is 12.6 Å². The van der Waals surface area contributed by atoms with Crippen LogP contribution < -0.4 is 5.32 Å². The fourth-order valence-corrected chi connectivity index (χ4v) is 4.58. The molecule has 1 saturated heterocycles. The summed E-state index contributed by atoms with van der Waals surface area (Å²) in [7, 11) is 0. The van der Waals surface area contributed by atoms with E-state index < -0.39 is 0 Å². The van der Waals surface area contributed by atoms with Crippen LogP contribution in [0.2, 0.25) is 0 Å². The summed E-state index contributed by atoms with van der Waals surface area (Å²) in [4.78, 5) is 17.5. The van der Waals surface area contributed by atoms with E-state index in [0.29, 0.717) is 12.5 Å². The van der Waals surface area contributed by atoms with Crippen LogP contribution in [0, 0.1) is 11.7 Å². The van der Waals surface area contributed by atoms with E-state index in [1.54, 1.807) is 0 Å². The van der Waals surface area contributed by atoms with Crippen LogP contribution in [0.1, 0.15) is 50.1 Å². The highest BCUT2D eigenvalue weighted by atomic mass is 19.1. The molecule has 1 aliphatic heterocycles. The Morgan fingerprint density at radius 3 is 2.31 bits per heavy atom. The minimum Gasteiger partial charge on any atom is -0.348 e. The minimum atomic E-state index is -0.223. The topological polar surface area (TPSA) is 35.6 Å². The van der Waals surface area contributed by atoms with Gasteiger partial charge in [0.1, 0.15) is 5.82 Å². The molecule has 4 nitrogen and oxygen atoms in total.